The zero-order chi connectivity index (χ0) is 14.5. The maximum atomic E-state index is 4.46. The van der Waals surface area contributed by atoms with E-state index in [1.54, 1.807) is 6.20 Å². The van der Waals surface area contributed by atoms with Gasteiger partial charge in [-0.25, -0.2) is 9.67 Å². The fourth-order valence-electron chi connectivity index (χ4n) is 2.92. The van der Waals surface area contributed by atoms with Crippen molar-refractivity contribution in [1.29, 1.82) is 0 Å². The molecule has 0 unspecified atom stereocenters. The molecule has 0 radical (unpaired) electrons. The van der Waals surface area contributed by atoms with Gasteiger partial charge in [0.15, 0.2) is 5.82 Å². The molecule has 5 nitrogen and oxygen atoms in total. The van der Waals surface area contributed by atoms with Crippen molar-refractivity contribution in [3.05, 3.63) is 36.8 Å². The van der Waals surface area contributed by atoms with Crippen LogP contribution in [0.5, 0.6) is 0 Å². The summed E-state index contributed by atoms with van der Waals surface area (Å²) in [6.45, 7) is 5.83. The van der Waals surface area contributed by atoms with Crippen molar-refractivity contribution in [2.75, 3.05) is 25.0 Å². The molecule has 2 aromatic heterocycles. The van der Waals surface area contributed by atoms with Gasteiger partial charge in [0.1, 0.15) is 0 Å². The molecule has 1 saturated heterocycles. The summed E-state index contributed by atoms with van der Waals surface area (Å²) < 4.78 is 1.81. The summed E-state index contributed by atoms with van der Waals surface area (Å²) in [5, 5.41) is 7.93. The molecule has 1 aliphatic heterocycles. The minimum atomic E-state index is 0.525. The van der Waals surface area contributed by atoms with Gasteiger partial charge in [-0.1, -0.05) is 6.92 Å². The lowest BCUT2D eigenvalue weighted by molar-refractivity contribution is 0.219. The number of aromatic nitrogens is 3. The molecule has 112 valence electrons. The minimum absolute atomic E-state index is 0.525. The molecule has 0 amide bonds. The Morgan fingerprint density at radius 3 is 2.81 bits per heavy atom. The number of nitrogens with zero attached hydrogens (tertiary/aromatic N) is 4. The highest BCUT2D eigenvalue weighted by atomic mass is 15.3. The van der Waals surface area contributed by atoms with E-state index in [-0.39, 0.29) is 0 Å². The van der Waals surface area contributed by atoms with Gasteiger partial charge in [0.2, 0.25) is 0 Å². The van der Waals surface area contributed by atoms with Gasteiger partial charge in [-0.2, -0.15) is 5.10 Å². The van der Waals surface area contributed by atoms with E-state index in [1.807, 2.05) is 29.2 Å². The quantitative estimate of drug-likeness (QED) is 0.917. The number of anilines is 1. The predicted octanol–water partition coefficient (Wildman–Crippen LogP) is 2.55. The number of hydrogen-bond acceptors (Lipinski definition) is 4. The lowest BCUT2D eigenvalue weighted by atomic mass is 10.0. The van der Waals surface area contributed by atoms with E-state index in [1.165, 1.54) is 38.9 Å². The number of pyridine rings is 1. The maximum absolute atomic E-state index is 4.46. The fraction of sp³-hybridized carbons (Fsp3) is 0.500. The summed E-state index contributed by atoms with van der Waals surface area (Å²) in [5.74, 6) is 0.874. The van der Waals surface area contributed by atoms with Crippen molar-refractivity contribution >= 4 is 5.69 Å². The van der Waals surface area contributed by atoms with Crippen LogP contribution >= 0.6 is 0 Å². The SMILES string of the molecule is CCCN1CCC(Nc2cccnc2-n2cccn2)CC1. The molecule has 5 heteroatoms. The van der Waals surface area contributed by atoms with E-state index in [2.05, 4.69) is 33.3 Å². The topological polar surface area (TPSA) is 46.0 Å². The molecular formula is C16H23N5. The average Bonchev–Trinajstić information content (AvgIpc) is 3.04. The summed E-state index contributed by atoms with van der Waals surface area (Å²) in [6.07, 6.45) is 9.14. The van der Waals surface area contributed by atoms with E-state index in [4.69, 9.17) is 0 Å². The Morgan fingerprint density at radius 2 is 2.10 bits per heavy atom. The second kappa shape index (κ2) is 6.72. The first kappa shape index (κ1) is 14.1. The van der Waals surface area contributed by atoms with Crippen LogP contribution in [0.15, 0.2) is 36.8 Å². The maximum Gasteiger partial charge on any atom is 0.176 e. The Labute approximate surface area is 126 Å². The molecule has 0 bridgehead atoms. The van der Waals surface area contributed by atoms with Crippen LogP contribution in [0.3, 0.4) is 0 Å². The van der Waals surface area contributed by atoms with Crippen molar-refractivity contribution in [1.82, 2.24) is 19.7 Å². The molecule has 2 aromatic rings. The number of piperidine rings is 1. The Hall–Kier alpha value is -1.88. The Balaban J connectivity index is 1.66. The van der Waals surface area contributed by atoms with Crippen molar-refractivity contribution in [3.63, 3.8) is 0 Å². The Kier molecular flexibility index (Phi) is 4.50. The summed E-state index contributed by atoms with van der Waals surface area (Å²) in [5.41, 5.74) is 1.06. The molecule has 0 spiro atoms. The van der Waals surface area contributed by atoms with Gasteiger partial charge >= 0.3 is 0 Å². The highest BCUT2D eigenvalue weighted by molar-refractivity contribution is 5.56. The van der Waals surface area contributed by atoms with E-state index >= 15 is 0 Å². The van der Waals surface area contributed by atoms with E-state index < -0.39 is 0 Å². The molecule has 3 heterocycles. The summed E-state index contributed by atoms with van der Waals surface area (Å²) in [7, 11) is 0. The molecule has 1 N–H and O–H groups in total. The van der Waals surface area contributed by atoms with Gasteiger partial charge in [0, 0.05) is 37.7 Å². The van der Waals surface area contributed by atoms with Gasteiger partial charge in [0.05, 0.1) is 5.69 Å². The normalized spacial score (nSPS) is 17.0. The number of nitrogens with one attached hydrogen (secondary N) is 1. The molecule has 0 aliphatic carbocycles. The molecule has 0 aromatic carbocycles. The Morgan fingerprint density at radius 1 is 1.24 bits per heavy atom. The highest BCUT2D eigenvalue weighted by Gasteiger charge is 2.19. The van der Waals surface area contributed by atoms with Crippen LogP contribution < -0.4 is 5.32 Å². The second-order valence-electron chi connectivity index (χ2n) is 5.59. The first-order chi connectivity index (χ1) is 10.4. The first-order valence-corrected chi connectivity index (χ1v) is 7.80. The highest BCUT2D eigenvalue weighted by Crippen LogP contribution is 2.21. The third-order valence-electron chi connectivity index (χ3n) is 4.00. The van der Waals surface area contributed by atoms with Gasteiger partial charge in [-0.3, -0.25) is 0 Å². The van der Waals surface area contributed by atoms with Crippen molar-refractivity contribution in [2.24, 2.45) is 0 Å². The van der Waals surface area contributed by atoms with Crippen molar-refractivity contribution < 1.29 is 0 Å². The summed E-state index contributed by atoms with van der Waals surface area (Å²) in [4.78, 5) is 7.01. The predicted molar refractivity (Wildman–Crippen MR) is 84.7 cm³/mol. The lowest BCUT2D eigenvalue weighted by Crippen LogP contribution is -2.39. The van der Waals surface area contributed by atoms with Crippen LogP contribution in [-0.4, -0.2) is 45.3 Å². The second-order valence-corrected chi connectivity index (χ2v) is 5.59. The lowest BCUT2D eigenvalue weighted by Gasteiger charge is -2.32. The molecule has 1 aliphatic rings. The standard InChI is InChI=1S/C16H23N5/c1-2-10-20-12-6-14(7-13-20)19-15-5-3-8-17-16(15)21-11-4-9-18-21/h3-5,8-9,11,14,19H,2,6-7,10,12-13H2,1H3. The molecular weight excluding hydrogens is 262 g/mol. The van der Waals surface area contributed by atoms with Gasteiger partial charge in [-0.15, -0.1) is 0 Å². The van der Waals surface area contributed by atoms with Crippen LogP contribution in [0.1, 0.15) is 26.2 Å². The monoisotopic (exact) mass is 285 g/mol. The first-order valence-electron chi connectivity index (χ1n) is 7.80. The van der Waals surface area contributed by atoms with Gasteiger partial charge < -0.3 is 10.2 Å². The summed E-state index contributed by atoms with van der Waals surface area (Å²) in [6, 6.07) is 6.50. The smallest absolute Gasteiger partial charge is 0.176 e. The molecule has 21 heavy (non-hydrogen) atoms. The van der Waals surface area contributed by atoms with Crippen LogP contribution in [0.2, 0.25) is 0 Å². The number of rotatable bonds is 5. The van der Waals surface area contributed by atoms with Crippen LogP contribution in [-0.2, 0) is 0 Å². The zero-order valence-electron chi connectivity index (χ0n) is 12.6. The van der Waals surface area contributed by atoms with Crippen LogP contribution in [0.4, 0.5) is 5.69 Å². The van der Waals surface area contributed by atoms with Gasteiger partial charge in [-0.05, 0) is 44.0 Å². The molecule has 1 fully saturated rings. The molecule has 0 saturated carbocycles. The summed E-state index contributed by atoms with van der Waals surface area (Å²) >= 11 is 0. The third-order valence-corrected chi connectivity index (χ3v) is 4.00. The molecule has 3 rings (SSSR count). The van der Waals surface area contributed by atoms with Crippen molar-refractivity contribution in [2.45, 2.75) is 32.2 Å². The van der Waals surface area contributed by atoms with E-state index in [0.717, 1.165) is 11.5 Å². The fourth-order valence-corrected chi connectivity index (χ4v) is 2.92. The molecule has 0 atom stereocenters. The number of likely N-dealkylation sites (tertiary alicyclic amines) is 1. The zero-order valence-corrected chi connectivity index (χ0v) is 12.6. The number of hydrogen-bond donors (Lipinski definition) is 1. The third kappa shape index (κ3) is 3.42. The van der Waals surface area contributed by atoms with E-state index in [9.17, 15) is 0 Å². The van der Waals surface area contributed by atoms with Crippen LogP contribution in [0.25, 0.3) is 5.82 Å². The Bertz CT molecular complexity index is 544. The largest absolute Gasteiger partial charge is 0.379 e. The van der Waals surface area contributed by atoms with Crippen molar-refractivity contribution in [3.8, 4) is 5.82 Å². The van der Waals surface area contributed by atoms with E-state index in [0.29, 0.717) is 6.04 Å². The van der Waals surface area contributed by atoms with Crippen LogP contribution in [0, 0.1) is 0 Å². The minimum Gasteiger partial charge on any atom is -0.379 e. The van der Waals surface area contributed by atoms with Gasteiger partial charge in [0.25, 0.3) is 0 Å². The average molecular weight is 285 g/mol.